The number of carbonyl (C=O) groups is 1. The molecule has 0 aliphatic heterocycles. The number of fused-ring (bicyclic) bond motifs is 2. The van der Waals surface area contributed by atoms with Crippen molar-refractivity contribution in [2.24, 2.45) is 5.73 Å². The second-order valence-corrected chi connectivity index (χ2v) is 9.46. The molecular weight excluding hydrogens is 446 g/mol. The SMILES string of the molecule is CCOc1ccc(CC(C(N)=O)c2cn(C(C)C)c3ccc(-c4ccc5ncccc5c4)cc23)cc1. The number of aromatic nitrogens is 2. The molecule has 2 N–H and O–H groups in total. The van der Waals surface area contributed by atoms with Crippen molar-refractivity contribution in [1.82, 2.24) is 9.55 Å². The minimum absolute atomic E-state index is 0.248. The van der Waals surface area contributed by atoms with Gasteiger partial charge in [-0.3, -0.25) is 9.78 Å². The van der Waals surface area contributed by atoms with Crippen molar-refractivity contribution in [2.45, 2.75) is 39.2 Å². The maximum atomic E-state index is 12.8. The van der Waals surface area contributed by atoms with Crippen LogP contribution < -0.4 is 10.5 Å². The highest BCUT2D eigenvalue weighted by Gasteiger charge is 2.24. The minimum atomic E-state index is -0.443. The number of carbonyl (C=O) groups excluding carboxylic acids is 1. The molecular formula is C31H31N3O2. The van der Waals surface area contributed by atoms with Gasteiger partial charge in [-0.2, -0.15) is 0 Å². The molecule has 0 fully saturated rings. The largest absolute Gasteiger partial charge is 0.494 e. The zero-order chi connectivity index (χ0) is 25.2. The summed E-state index contributed by atoms with van der Waals surface area (Å²) in [5, 5.41) is 2.16. The number of benzene rings is 3. The van der Waals surface area contributed by atoms with E-state index in [1.165, 1.54) is 0 Å². The molecule has 2 aromatic heterocycles. The average molecular weight is 478 g/mol. The van der Waals surface area contributed by atoms with Crippen molar-refractivity contribution in [3.63, 3.8) is 0 Å². The molecule has 0 aliphatic carbocycles. The van der Waals surface area contributed by atoms with E-state index in [4.69, 9.17) is 10.5 Å². The van der Waals surface area contributed by atoms with Crippen LogP contribution in [0.3, 0.4) is 0 Å². The standard InChI is InChI=1S/C31H31N3O2/c1-4-36-25-11-7-21(8-12-25)16-27(31(32)35)28-19-34(20(2)3)30-14-10-23(18-26(28)30)22-9-13-29-24(17-22)6-5-15-33-29/h5-15,17-20,27H,4,16H2,1-3H3,(H2,32,35). The molecule has 2 heterocycles. The third-order valence-corrected chi connectivity index (χ3v) is 6.75. The number of hydrogen-bond acceptors (Lipinski definition) is 3. The first-order valence-corrected chi connectivity index (χ1v) is 12.4. The number of primary amides is 1. The lowest BCUT2D eigenvalue weighted by atomic mass is 9.90. The molecule has 0 saturated heterocycles. The summed E-state index contributed by atoms with van der Waals surface area (Å²) < 4.78 is 7.80. The van der Waals surface area contributed by atoms with Crippen LogP contribution in [-0.4, -0.2) is 22.1 Å². The van der Waals surface area contributed by atoms with E-state index in [-0.39, 0.29) is 11.9 Å². The van der Waals surface area contributed by atoms with Gasteiger partial charge in [0.1, 0.15) is 5.75 Å². The van der Waals surface area contributed by atoms with Gasteiger partial charge in [-0.25, -0.2) is 0 Å². The maximum absolute atomic E-state index is 12.8. The molecule has 5 heteroatoms. The molecule has 0 radical (unpaired) electrons. The normalized spacial score (nSPS) is 12.3. The molecule has 0 saturated carbocycles. The second-order valence-electron chi connectivity index (χ2n) is 9.46. The first kappa shape index (κ1) is 23.6. The van der Waals surface area contributed by atoms with Crippen molar-refractivity contribution in [3.8, 4) is 16.9 Å². The Morgan fingerprint density at radius 1 is 1.00 bits per heavy atom. The summed E-state index contributed by atoms with van der Waals surface area (Å²) in [5.41, 5.74) is 12.3. The summed E-state index contributed by atoms with van der Waals surface area (Å²) in [4.78, 5) is 17.2. The van der Waals surface area contributed by atoms with Crippen molar-refractivity contribution in [3.05, 3.63) is 96.3 Å². The highest BCUT2D eigenvalue weighted by Crippen LogP contribution is 2.35. The summed E-state index contributed by atoms with van der Waals surface area (Å²) in [6.07, 6.45) is 4.45. The van der Waals surface area contributed by atoms with Crippen molar-refractivity contribution in [1.29, 1.82) is 0 Å². The molecule has 1 unspecified atom stereocenters. The van der Waals surface area contributed by atoms with E-state index in [2.05, 4.69) is 66.0 Å². The molecule has 5 rings (SSSR count). The summed E-state index contributed by atoms with van der Waals surface area (Å²) in [7, 11) is 0. The molecule has 1 atom stereocenters. The van der Waals surface area contributed by atoms with Gasteiger partial charge in [0.05, 0.1) is 18.0 Å². The summed E-state index contributed by atoms with van der Waals surface area (Å²) in [6.45, 7) is 6.89. The Labute approximate surface area is 211 Å². The number of nitrogens with two attached hydrogens (primary N) is 1. The molecule has 182 valence electrons. The van der Waals surface area contributed by atoms with Crippen LogP contribution in [0.15, 0.2) is 85.2 Å². The monoisotopic (exact) mass is 477 g/mol. The average Bonchev–Trinajstić information content (AvgIpc) is 3.27. The van der Waals surface area contributed by atoms with Gasteiger partial charge in [-0.15, -0.1) is 0 Å². The molecule has 3 aromatic carbocycles. The lowest BCUT2D eigenvalue weighted by molar-refractivity contribution is -0.119. The van der Waals surface area contributed by atoms with E-state index >= 15 is 0 Å². The number of nitrogens with zero attached hydrogens (tertiary/aromatic N) is 2. The van der Waals surface area contributed by atoms with Gasteiger partial charge >= 0.3 is 0 Å². The van der Waals surface area contributed by atoms with Crippen LogP contribution in [0.5, 0.6) is 5.75 Å². The molecule has 1 amide bonds. The van der Waals surface area contributed by atoms with Crippen LogP contribution in [0, 0.1) is 0 Å². The van der Waals surface area contributed by atoms with E-state index in [1.807, 2.05) is 49.5 Å². The third kappa shape index (κ3) is 4.57. The third-order valence-electron chi connectivity index (χ3n) is 6.75. The lowest BCUT2D eigenvalue weighted by Crippen LogP contribution is -2.23. The van der Waals surface area contributed by atoms with E-state index in [1.54, 1.807) is 0 Å². The number of amides is 1. The Balaban J connectivity index is 1.59. The number of ether oxygens (including phenoxy) is 1. The summed E-state index contributed by atoms with van der Waals surface area (Å²) in [5.74, 6) is 0.0545. The quantitative estimate of drug-likeness (QED) is 0.272. The predicted molar refractivity (Wildman–Crippen MR) is 146 cm³/mol. The smallest absolute Gasteiger partial charge is 0.225 e. The van der Waals surface area contributed by atoms with E-state index in [0.29, 0.717) is 13.0 Å². The van der Waals surface area contributed by atoms with Crippen molar-refractivity contribution >= 4 is 27.7 Å². The lowest BCUT2D eigenvalue weighted by Gasteiger charge is -2.14. The highest BCUT2D eigenvalue weighted by atomic mass is 16.5. The van der Waals surface area contributed by atoms with Crippen LogP contribution in [0.1, 0.15) is 43.9 Å². The van der Waals surface area contributed by atoms with Gasteiger partial charge in [-0.05, 0) is 91.9 Å². The van der Waals surface area contributed by atoms with Gasteiger partial charge in [-0.1, -0.05) is 30.3 Å². The Kier molecular flexibility index (Phi) is 6.47. The van der Waals surface area contributed by atoms with E-state index in [0.717, 1.165) is 49.8 Å². The van der Waals surface area contributed by atoms with Gasteiger partial charge in [0.25, 0.3) is 0 Å². The molecule has 0 aliphatic rings. The Morgan fingerprint density at radius 3 is 2.47 bits per heavy atom. The minimum Gasteiger partial charge on any atom is -0.494 e. The molecule has 5 aromatic rings. The zero-order valence-electron chi connectivity index (χ0n) is 20.9. The van der Waals surface area contributed by atoms with Crippen LogP contribution in [0.4, 0.5) is 0 Å². The van der Waals surface area contributed by atoms with Gasteiger partial charge < -0.3 is 15.0 Å². The van der Waals surface area contributed by atoms with Crippen LogP contribution in [-0.2, 0) is 11.2 Å². The molecule has 0 bridgehead atoms. The number of rotatable bonds is 8. The van der Waals surface area contributed by atoms with E-state index < -0.39 is 5.92 Å². The molecule has 36 heavy (non-hydrogen) atoms. The fourth-order valence-electron chi connectivity index (χ4n) is 4.91. The van der Waals surface area contributed by atoms with Gasteiger partial charge in [0.15, 0.2) is 0 Å². The second kappa shape index (κ2) is 9.86. The molecule has 0 spiro atoms. The summed E-state index contributed by atoms with van der Waals surface area (Å²) in [6, 6.07) is 25.0. The topological polar surface area (TPSA) is 70.1 Å². The number of hydrogen-bond donors (Lipinski definition) is 1. The van der Waals surface area contributed by atoms with Crippen LogP contribution >= 0.6 is 0 Å². The Hall–Kier alpha value is -4.12. The van der Waals surface area contributed by atoms with Crippen molar-refractivity contribution in [2.75, 3.05) is 6.61 Å². The highest BCUT2D eigenvalue weighted by molar-refractivity contribution is 5.95. The predicted octanol–water partition coefficient (Wildman–Crippen LogP) is 6.65. The van der Waals surface area contributed by atoms with Crippen LogP contribution in [0.25, 0.3) is 32.9 Å². The summed E-state index contributed by atoms with van der Waals surface area (Å²) >= 11 is 0. The van der Waals surface area contributed by atoms with Crippen molar-refractivity contribution < 1.29 is 9.53 Å². The Morgan fingerprint density at radius 2 is 1.75 bits per heavy atom. The fraction of sp³-hybridized carbons (Fsp3) is 0.226. The zero-order valence-corrected chi connectivity index (χ0v) is 20.9. The first-order valence-electron chi connectivity index (χ1n) is 12.4. The first-order chi connectivity index (χ1) is 17.4. The molecule has 5 nitrogen and oxygen atoms in total. The fourth-order valence-corrected chi connectivity index (χ4v) is 4.91. The Bertz CT molecular complexity index is 1530. The van der Waals surface area contributed by atoms with Gasteiger partial charge in [0.2, 0.25) is 5.91 Å². The van der Waals surface area contributed by atoms with Crippen LogP contribution in [0.2, 0.25) is 0 Å². The van der Waals surface area contributed by atoms with E-state index in [9.17, 15) is 4.79 Å². The van der Waals surface area contributed by atoms with Gasteiger partial charge in [0, 0.05) is 34.7 Å². The number of pyridine rings is 1. The maximum Gasteiger partial charge on any atom is 0.225 e.